The van der Waals surface area contributed by atoms with E-state index in [1.165, 1.54) is 22.9 Å². The lowest BCUT2D eigenvalue weighted by atomic mass is 10.2. The third-order valence-corrected chi connectivity index (χ3v) is 7.19. The van der Waals surface area contributed by atoms with Crippen LogP contribution >= 0.6 is 0 Å². The van der Waals surface area contributed by atoms with E-state index in [4.69, 9.17) is 15.0 Å². The molecule has 4 aromatic heterocycles. The molecule has 5 aromatic rings. The molecule has 1 aliphatic carbocycles. The highest BCUT2D eigenvalue weighted by Gasteiger charge is 2.26. The minimum Gasteiger partial charge on any atom is -0.497 e. The third-order valence-electron chi connectivity index (χ3n) is 7.19. The van der Waals surface area contributed by atoms with Crippen LogP contribution in [0.4, 0.5) is 11.8 Å². The molecule has 40 heavy (non-hydrogen) atoms. The minimum absolute atomic E-state index is 0.209. The predicted molar refractivity (Wildman–Crippen MR) is 153 cm³/mol. The van der Waals surface area contributed by atoms with Crippen LogP contribution < -0.4 is 20.9 Å². The van der Waals surface area contributed by atoms with Gasteiger partial charge < -0.3 is 15.4 Å². The van der Waals surface area contributed by atoms with Crippen LogP contribution in [-0.4, -0.2) is 43.3 Å². The summed E-state index contributed by atoms with van der Waals surface area (Å²) < 4.78 is 8.86. The molecule has 4 heterocycles. The van der Waals surface area contributed by atoms with Gasteiger partial charge in [-0.3, -0.25) is 13.9 Å². The summed E-state index contributed by atoms with van der Waals surface area (Å²) >= 11 is 0. The first-order valence-corrected chi connectivity index (χ1v) is 13.2. The molecular formula is C30H28N8O2. The number of benzene rings is 1. The SMILES string of the molecule is COc1ccc(Cn2c(N[C@H]3CC[C@H](Nc4ccc(-n5cc(C#N)ccc5=O)cn4)C3)nc3cccnc32)cc1. The lowest BCUT2D eigenvalue weighted by Crippen LogP contribution is -2.23. The molecule has 1 saturated carbocycles. The molecule has 0 bridgehead atoms. The molecule has 10 nitrogen and oxygen atoms in total. The van der Waals surface area contributed by atoms with Crippen LogP contribution in [0.5, 0.6) is 5.75 Å². The number of nitrogens with one attached hydrogen (secondary N) is 2. The van der Waals surface area contributed by atoms with Crippen molar-refractivity contribution in [3.63, 3.8) is 0 Å². The second-order valence-electron chi connectivity index (χ2n) is 9.85. The molecule has 0 unspecified atom stereocenters. The first-order chi connectivity index (χ1) is 19.6. The van der Waals surface area contributed by atoms with E-state index in [0.717, 1.165) is 53.5 Å². The molecule has 0 aliphatic heterocycles. The van der Waals surface area contributed by atoms with Gasteiger partial charge in [-0.25, -0.2) is 15.0 Å². The Bertz CT molecular complexity index is 1740. The monoisotopic (exact) mass is 532 g/mol. The predicted octanol–water partition coefficient (Wildman–Crippen LogP) is 4.35. The van der Waals surface area contributed by atoms with Crippen LogP contribution in [0.15, 0.2) is 84.0 Å². The van der Waals surface area contributed by atoms with Crippen molar-refractivity contribution in [2.24, 2.45) is 0 Å². The molecule has 0 saturated heterocycles. The van der Waals surface area contributed by atoms with E-state index in [9.17, 15) is 4.79 Å². The normalized spacial score (nSPS) is 16.5. The lowest BCUT2D eigenvalue weighted by molar-refractivity contribution is 0.414. The van der Waals surface area contributed by atoms with Gasteiger partial charge in [-0.2, -0.15) is 5.26 Å². The fourth-order valence-corrected chi connectivity index (χ4v) is 5.14. The number of anilines is 2. The number of methoxy groups -OCH3 is 1. The molecule has 0 radical (unpaired) electrons. The van der Waals surface area contributed by atoms with Crippen LogP contribution in [0.25, 0.3) is 16.9 Å². The largest absolute Gasteiger partial charge is 0.497 e. The number of nitriles is 1. The number of ether oxygens (including phenoxy) is 1. The molecule has 1 fully saturated rings. The maximum atomic E-state index is 12.2. The maximum absolute atomic E-state index is 12.2. The molecule has 10 heteroatoms. The number of nitrogens with zero attached hydrogens (tertiary/aromatic N) is 6. The summed E-state index contributed by atoms with van der Waals surface area (Å²) in [6.07, 6.45) is 7.85. The Morgan fingerprint density at radius 2 is 1.85 bits per heavy atom. The Labute approximate surface area is 230 Å². The van der Waals surface area contributed by atoms with Gasteiger partial charge in [-0.05, 0) is 67.3 Å². The molecule has 0 amide bonds. The van der Waals surface area contributed by atoms with E-state index in [-0.39, 0.29) is 17.6 Å². The number of aromatic nitrogens is 5. The lowest BCUT2D eigenvalue weighted by Gasteiger charge is -2.17. The molecule has 1 aliphatic rings. The Kier molecular flexibility index (Phi) is 6.85. The zero-order chi connectivity index (χ0) is 27.5. The number of fused-ring (bicyclic) bond motifs is 1. The van der Waals surface area contributed by atoms with E-state index in [0.29, 0.717) is 17.8 Å². The standard InChI is InChI=1S/C30H28N8O2/c1-40-25-10-4-20(5-11-25)18-38-29-26(3-2-14-32-29)36-30(38)35-23-8-7-22(15-23)34-27-12-9-24(17-33-27)37-19-21(16-31)6-13-28(37)39/h2-6,9-14,17,19,22-23H,7-8,15,18H2,1H3,(H,33,34)(H,35,36)/t22-,23-/m0/s1. The van der Waals surface area contributed by atoms with Gasteiger partial charge in [0.2, 0.25) is 5.95 Å². The van der Waals surface area contributed by atoms with Gasteiger partial charge in [0.15, 0.2) is 5.65 Å². The van der Waals surface area contributed by atoms with Crippen molar-refractivity contribution >= 4 is 22.9 Å². The number of hydrogen-bond acceptors (Lipinski definition) is 8. The van der Waals surface area contributed by atoms with Crippen LogP contribution in [0.3, 0.4) is 0 Å². The molecular weight excluding hydrogens is 504 g/mol. The molecule has 0 spiro atoms. The number of pyridine rings is 3. The molecule has 6 rings (SSSR count). The first kappa shape index (κ1) is 25.1. The number of rotatable bonds is 8. The van der Waals surface area contributed by atoms with Crippen LogP contribution in [0.1, 0.15) is 30.4 Å². The zero-order valence-corrected chi connectivity index (χ0v) is 22.0. The van der Waals surface area contributed by atoms with E-state index in [2.05, 4.69) is 43.4 Å². The Balaban J connectivity index is 1.14. The quantitative estimate of drug-likeness (QED) is 0.302. The fraction of sp³-hybridized carbons (Fsp3) is 0.233. The van der Waals surface area contributed by atoms with E-state index >= 15 is 0 Å². The van der Waals surface area contributed by atoms with Crippen molar-refractivity contribution in [3.05, 3.63) is 101 Å². The van der Waals surface area contributed by atoms with Gasteiger partial charge in [0.25, 0.3) is 5.56 Å². The summed E-state index contributed by atoms with van der Waals surface area (Å²) in [6, 6.07) is 21.1. The summed E-state index contributed by atoms with van der Waals surface area (Å²) in [5.41, 5.74) is 3.66. The summed E-state index contributed by atoms with van der Waals surface area (Å²) in [4.78, 5) is 26.2. The molecule has 200 valence electrons. The van der Waals surface area contributed by atoms with E-state index in [1.54, 1.807) is 19.5 Å². The fourth-order valence-electron chi connectivity index (χ4n) is 5.14. The van der Waals surface area contributed by atoms with Gasteiger partial charge in [0.05, 0.1) is 31.1 Å². The minimum atomic E-state index is -0.209. The topological polar surface area (TPSA) is 123 Å². The highest BCUT2D eigenvalue weighted by molar-refractivity contribution is 5.74. The summed E-state index contributed by atoms with van der Waals surface area (Å²) in [5, 5.41) is 16.3. The Morgan fingerprint density at radius 3 is 2.60 bits per heavy atom. The smallest absolute Gasteiger partial charge is 0.255 e. The highest BCUT2D eigenvalue weighted by Crippen LogP contribution is 2.28. The van der Waals surface area contributed by atoms with Crippen LogP contribution in [0.2, 0.25) is 0 Å². The summed E-state index contributed by atoms with van der Waals surface area (Å²) in [7, 11) is 1.67. The Hall–Kier alpha value is -5.17. The number of hydrogen-bond donors (Lipinski definition) is 2. The van der Waals surface area contributed by atoms with Gasteiger partial charge in [-0.1, -0.05) is 12.1 Å². The first-order valence-electron chi connectivity index (χ1n) is 13.2. The van der Waals surface area contributed by atoms with Gasteiger partial charge in [0, 0.05) is 30.5 Å². The second-order valence-corrected chi connectivity index (χ2v) is 9.85. The summed E-state index contributed by atoms with van der Waals surface area (Å²) in [5.74, 6) is 2.38. The van der Waals surface area contributed by atoms with Crippen molar-refractivity contribution in [1.29, 1.82) is 5.26 Å². The highest BCUT2D eigenvalue weighted by atomic mass is 16.5. The van der Waals surface area contributed by atoms with Crippen molar-refractivity contribution in [2.45, 2.75) is 37.9 Å². The van der Waals surface area contributed by atoms with Crippen molar-refractivity contribution in [2.75, 3.05) is 17.7 Å². The second kappa shape index (κ2) is 10.9. The van der Waals surface area contributed by atoms with Gasteiger partial charge >= 0.3 is 0 Å². The zero-order valence-electron chi connectivity index (χ0n) is 22.0. The third kappa shape index (κ3) is 5.22. The molecule has 1 aromatic carbocycles. The van der Waals surface area contributed by atoms with Gasteiger partial charge in [0.1, 0.15) is 23.2 Å². The molecule has 2 N–H and O–H groups in total. The average molecular weight is 533 g/mol. The van der Waals surface area contributed by atoms with Crippen molar-refractivity contribution in [3.8, 4) is 17.5 Å². The van der Waals surface area contributed by atoms with Crippen LogP contribution in [-0.2, 0) is 6.54 Å². The maximum Gasteiger partial charge on any atom is 0.255 e. The van der Waals surface area contributed by atoms with Crippen molar-refractivity contribution < 1.29 is 4.74 Å². The van der Waals surface area contributed by atoms with Crippen molar-refractivity contribution in [1.82, 2.24) is 24.1 Å². The van der Waals surface area contributed by atoms with E-state index in [1.807, 2.05) is 36.4 Å². The number of imidazole rings is 1. The summed E-state index contributed by atoms with van der Waals surface area (Å²) in [6.45, 7) is 0.644. The average Bonchev–Trinajstić information content (AvgIpc) is 3.58. The molecule has 2 atom stereocenters. The van der Waals surface area contributed by atoms with E-state index < -0.39 is 0 Å². The Morgan fingerprint density at radius 1 is 1.02 bits per heavy atom. The van der Waals surface area contributed by atoms with Gasteiger partial charge in [-0.15, -0.1) is 0 Å². The van der Waals surface area contributed by atoms with Crippen LogP contribution in [0, 0.1) is 11.3 Å².